The summed E-state index contributed by atoms with van der Waals surface area (Å²) in [6, 6.07) is 0. The van der Waals surface area contributed by atoms with Gasteiger partial charge < -0.3 is 4.74 Å². The monoisotopic (exact) mass is 210 g/mol. The van der Waals surface area contributed by atoms with Crippen molar-refractivity contribution in [3.63, 3.8) is 0 Å². The summed E-state index contributed by atoms with van der Waals surface area (Å²) < 4.78 is 4.63. The van der Waals surface area contributed by atoms with Crippen molar-refractivity contribution in [3.05, 3.63) is 11.8 Å². The van der Waals surface area contributed by atoms with Gasteiger partial charge in [0.2, 0.25) is 5.78 Å². The molecule has 0 aromatic carbocycles. The molecule has 15 heavy (non-hydrogen) atoms. The van der Waals surface area contributed by atoms with E-state index in [1.807, 2.05) is 0 Å². The van der Waals surface area contributed by atoms with Gasteiger partial charge in [-0.3, -0.25) is 19.2 Å². The molecule has 0 saturated carbocycles. The van der Waals surface area contributed by atoms with E-state index >= 15 is 0 Å². The van der Waals surface area contributed by atoms with E-state index in [0.29, 0.717) is 0 Å². The van der Waals surface area contributed by atoms with Crippen LogP contribution in [0.25, 0.3) is 0 Å². The quantitative estimate of drug-likeness (QED) is 0.490. The number of rotatable bonds is 3. The largest absolute Gasteiger partial charge is 0.422 e. The molecule has 1 rings (SSSR count). The molecule has 0 amide bonds. The molecule has 0 fully saturated rings. The summed E-state index contributed by atoms with van der Waals surface area (Å²) in [6.07, 6.45) is 0.609. The van der Waals surface area contributed by atoms with Crippen molar-refractivity contribution < 1.29 is 23.9 Å². The lowest BCUT2D eigenvalue weighted by atomic mass is 10.0. The van der Waals surface area contributed by atoms with Crippen LogP contribution in [0.3, 0.4) is 0 Å². The smallest absolute Gasteiger partial charge is 0.322 e. The van der Waals surface area contributed by atoms with Crippen molar-refractivity contribution in [2.75, 3.05) is 0 Å². The summed E-state index contributed by atoms with van der Waals surface area (Å²) in [5, 5.41) is 0. The predicted octanol–water partition coefficient (Wildman–Crippen LogP) is 0.181. The average molecular weight is 210 g/mol. The Kier molecular flexibility index (Phi) is 3.14. The molecular weight excluding hydrogens is 200 g/mol. The highest BCUT2D eigenvalue weighted by Crippen LogP contribution is 2.16. The molecule has 5 heteroatoms. The minimum absolute atomic E-state index is 0.335. The molecule has 0 aromatic rings. The molecule has 1 aliphatic heterocycles. The number of carbonyl (C=O) groups is 4. The van der Waals surface area contributed by atoms with Gasteiger partial charge in [0.05, 0.1) is 6.42 Å². The number of cyclic esters (lactones) is 1. The van der Waals surface area contributed by atoms with Crippen LogP contribution in [0.5, 0.6) is 0 Å². The van der Waals surface area contributed by atoms with E-state index in [0.717, 1.165) is 6.08 Å². The van der Waals surface area contributed by atoms with E-state index in [1.165, 1.54) is 13.8 Å². The predicted molar refractivity (Wildman–Crippen MR) is 48.7 cm³/mol. The first-order valence-electron chi connectivity index (χ1n) is 4.41. The van der Waals surface area contributed by atoms with Crippen LogP contribution in [-0.2, 0) is 23.9 Å². The molecule has 0 N–H and O–H groups in total. The van der Waals surface area contributed by atoms with E-state index in [1.54, 1.807) is 0 Å². The zero-order chi connectivity index (χ0) is 11.6. The zero-order valence-corrected chi connectivity index (χ0v) is 8.40. The molecule has 0 radical (unpaired) electrons. The van der Waals surface area contributed by atoms with Gasteiger partial charge in [-0.2, -0.15) is 0 Å². The lowest BCUT2D eigenvalue weighted by Gasteiger charge is -2.15. The summed E-state index contributed by atoms with van der Waals surface area (Å²) in [5.41, 5.74) is 0. The molecular formula is C10H10O5. The Morgan fingerprint density at radius 3 is 2.47 bits per heavy atom. The van der Waals surface area contributed by atoms with Crippen LogP contribution < -0.4 is 0 Å². The molecule has 0 bridgehead atoms. The fourth-order valence-electron chi connectivity index (χ4n) is 1.05. The number of carbonyl (C=O) groups excluding carboxylic acids is 4. The third-order valence-electron chi connectivity index (χ3n) is 1.95. The number of Topliss-reactive ketones (excluding diaryl/α,β-unsaturated/α-hetero) is 2. The molecule has 0 aliphatic carbocycles. The molecule has 0 spiro atoms. The standard InChI is InChI=1S/C10H10O5/c1-5(11)3-8(13)9-4-7(12)6(2)10(14)15-9/h4,6H,3H2,1-2H3. The highest BCUT2D eigenvalue weighted by molar-refractivity contribution is 6.15. The summed E-state index contributed by atoms with van der Waals surface area (Å²) in [5.74, 6) is -3.43. The summed E-state index contributed by atoms with van der Waals surface area (Å²) in [4.78, 5) is 44.2. The van der Waals surface area contributed by atoms with Gasteiger partial charge in [0.1, 0.15) is 11.7 Å². The van der Waals surface area contributed by atoms with Crippen molar-refractivity contribution in [1.82, 2.24) is 0 Å². The summed E-state index contributed by atoms with van der Waals surface area (Å²) >= 11 is 0. The van der Waals surface area contributed by atoms with Gasteiger partial charge in [-0.05, 0) is 13.8 Å². The normalized spacial score (nSPS) is 20.7. The van der Waals surface area contributed by atoms with Gasteiger partial charge in [-0.1, -0.05) is 0 Å². The van der Waals surface area contributed by atoms with Gasteiger partial charge in [0, 0.05) is 6.08 Å². The van der Waals surface area contributed by atoms with Gasteiger partial charge in [-0.25, -0.2) is 0 Å². The van der Waals surface area contributed by atoms with E-state index in [2.05, 4.69) is 4.74 Å². The SMILES string of the molecule is CC(=O)CC(=O)C1=CC(=O)C(C)C(=O)O1. The molecule has 1 atom stereocenters. The molecule has 5 nitrogen and oxygen atoms in total. The Labute approximate surface area is 86.1 Å². The van der Waals surface area contributed by atoms with Gasteiger partial charge in [0.25, 0.3) is 0 Å². The highest BCUT2D eigenvalue weighted by atomic mass is 16.5. The maximum absolute atomic E-state index is 11.3. The Bertz CT molecular complexity index is 377. The number of ketones is 3. The van der Waals surface area contributed by atoms with E-state index in [-0.39, 0.29) is 18.0 Å². The summed E-state index contributed by atoms with van der Waals surface area (Å²) in [7, 11) is 0. The lowest BCUT2D eigenvalue weighted by Crippen LogP contribution is -2.29. The van der Waals surface area contributed by atoms with Crippen molar-refractivity contribution in [2.24, 2.45) is 5.92 Å². The van der Waals surface area contributed by atoms with E-state index in [4.69, 9.17) is 0 Å². The second kappa shape index (κ2) is 4.16. The van der Waals surface area contributed by atoms with Crippen molar-refractivity contribution >= 4 is 23.3 Å². The number of esters is 1. The summed E-state index contributed by atoms with van der Waals surface area (Å²) in [6.45, 7) is 2.64. The average Bonchev–Trinajstić information content (AvgIpc) is 2.12. The van der Waals surface area contributed by atoms with Gasteiger partial charge in [-0.15, -0.1) is 0 Å². The molecule has 80 valence electrons. The minimum Gasteiger partial charge on any atom is -0.422 e. The Hall–Kier alpha value is -1.78. The fourth-order valence-corrected chi connectivity index (χ4v) is 1.05. The fraction of sp³-hybridized carbons (Fsp3) is 0.400. The second-order valence-electron chi connectivity index (χ2n) is 3.36. The third kappa shape index (κ3) is 2.59. The maximum atomic E-state index is 11.3. The van der Waals surface area contributed by atoms with Crippen LogP contribution in [0, 0.1) is 5.92 Å². The van der Waals surface area contributed by atoms with Crippen molar-refractivity contribution in [2.45, 2.75) is 20.3 Å². The first-order valence-corrected chi connectivity index (χ1v) is 4.41. The third-order valence-corrected chi connectivity index (χ3v) is 1.95. The minimum atomic E-state index is -0.876. The Morgan fingerprint density at radius 2 is 2.00 bits per heavy atom. The first-order chi connectivity index (χ1) is 6.91. The molecule has 1 heterocycles. The van der Waals surface area contributed by atoms with Gasteiger partial charge in [0.15, 0.2) is 11.5 Å². The van der Waals surface area contributed by atoms with Crippen LogP contribution in [0.4, 0.5) is 0 Å². The van der Waals surface area contributed by atoms with Crippen LogP contribution in [-0.4, -0.2) is 23.3 Å². The van der Waals surface area contributed by atoms with Crippen LogP contribution >= 0.6 is 0 Å². The number of allylic oxidation sites excluding steroid dienone is 2. The Balaban J connectivity index is 2.84. The van der Waals surface area contributed by atoms with Crippen molar-refractivity contribution in [1.29, 1.82) is 0 Å². The second-order valence-corrected chi connectivity index (χ2v) is 3.36. The maximum Gasteiger partial charge on any atom is 0.322 e. The topological polar surface area (TPSA) is 77.5 Å². The van der Waals surface area contributed by atoms with Crippen LogP contribution in [0.15, 0.2) is 11.8 Å². The molecule has 0 aromatic heterocycles. The lowest BCUT2D eigenvalue weighted by molar-refractivity contribution is -0.151. The van der Waals surface area contributed by atoms with E-state index < -0.39 is 23.5 Å². The Morgan fingerprint density at radius 1 is 1.40 bits per heavy atom. The zero-order valence-electron chi connectivity index (χ0n) is 8.40. The number of hydrogen-bond donors (Lipinski definition) is 0. The van der Waals surface area contributed by atoms with Gasteiger partial charge >= 0.3 is 5.97 Å². The first kappa shape index (κ1) is 11.3. The number of ether oxygens (including phenoxy) is 1. The van der Waals surface area contributed by atoms with Crippen molar-refractivity contribution in [3.8, 4) is 0 Å². The molecule has 1 aliphatic rings. The molecule has 0 saturated heterocycles. The molecule has 1 unspecified atom stereocenters. The van der Waals surface area contributed by atoms with Crippen LogP contribution in [0.1, 0.15) is 20.3 Å². The highest BCUT2D eigenvalue weighted by Gasteiger charge is 2.31. The number of hydrogen-bond acceptors (Lipinski definition) is 5. The van der Waals surface area contributed by atoms with Crippen LogP contribution in [0.2, 0.25) is 0 Å². The van der Waals surface area contributed by atoms with E-state index in [9.17, 15) is 19.2 Å².